The Morgan fingerprint density at radius 1 is 0.857 bits per heavy atom. The van der Waals surface area contributed by atoms with Crippen LogP contribution in [0.1, 0.15) is 31.1 Å². The van der Waals surface area contributed by atoms with Crippen LogP contribution in [0.4, 0.5) is 19.3 Å². The van der Waals surface area contributed by atoms with Crippen molar-refractivity contribution < 1.29 is 37.4 Å². The van der Waals surface area contributed by atoms with Gasteiger partial charge in [-0.1, -0.05) is 6.07 Å². The van der Waals surface area contributed by atoms with Crippen LogP contribution >= 0.6 is 0 Å². The number of amides is 3. The van der Waals surface area contributed by atoms with Gasteiger partial charge in [-0.3, -0.25) is 10.1 Å². The molecule has 0 aromatic heterocycles. The molecule has 0 saturated carbocycles. The summed E-state index contributed by atoms with van der Waals surface area (Å²) >= 11 is 0. The Morgan fingerprint density at radius 3 is 1.82 bits per heavy atom. The Balaban J connectivity index is 2.24. The van der Waals surface area contributed by atoms with Crippen LogP contribution in [0.25, 0.3) is 0 Å². The zero-order valence-electron chi connectivity index (χ0n) is 14.7. The number of esters is 2. The first-order valence-corrected chi connectivity index (χ1v) is 7.65. The number of ether oxygens (including phenoxy) is 2. The fourth-order valence-electron chi connectivity index (χ4n) is 2.21. The first kappa shape index (κ1) is 20.5. The van der Waals surface area contributed by atoms with Crippen LogP contribution in [-0.2, 0) is 9.47 Å². The molecule has 0 bridgehead atoms. The zero-order chi connectivity index (χ0) is 20.8. The van der Waals surface area contributed by atoms with E-state index in [2.05, 4.69) is 14.8 Å². The van der Waals surface area contributed by atoms with Gasteiger partial charge in [0.2, 0.25) is 0 Å². The molecule has 10 heteroatoms. The molecule has 0 aliphatic rings. The number of nitrogens with one attached hydrogen (secondary N) is 2. The van der Waals surface area contributed by atoms with E-state index in [1.165, 1.54) is 18.2 Å². The molecule has 3 amide bonds. The van der Waals surface area contributed by atoms with E-state index in [4.69, 9.17) is 0 Å². The predicted octanol–water partition coefficient (Wildman–Crippen LogP) is 2.50. The van der Waals surface area contributed by atoms with Crippen molar-refractivity contribution in [3.05, 3.63) is 64.7 Å². The molecule has 0 aliphatic heterocycles. The third kappa shape index (κ3) is 4.67. The number of methoxy groups -OCH3 is 2. The van der Waals surface area contributed by atoms with Crippen LogP contribution in [-0.4, -0.2) is 38.1 Å². The second-order valence-electron chi connectivity index (χ2n) is 5.29. The van der Waals surface area contributed by atoms with Crippen LogP contribution in [0.5, 0.6) is 0 Å². The molecule has 0 heterocycles. The number of hydrogen-bond donors (Lipinski definition) is 2. The van der Waals surface area contributed by atoms with Crippen LogP contribution in [0.2, 0.25) is 0 Å². The predicted molar refractivity (Wildman–Crippen MR) is 92.0 cm³/mol. The van der Waals surface area contributed by atoms with Crippen molar-refractivity contribution in [1.29, 1.82) is 0 Å². The number of benzene rings is 2. The van der Waals surface area contributed by atoms with E-state index < -0.39 is 41.1 Å². The Kier molecular flexibility index (Phi) is 6.38. The van der Waals surface area contributed by atoms with Crippen molar-refractivity contribution in [1.82, 2.24) is 5.32 Å². The number of halogens is 2. The lowest BCUT2D eigenvalue weighted by Crippen LogP contribution is -2.35. The van der Waals surface area contributed by atoms with E-state index in [1.54, 1.807) is 5.32 Å². The minimum atomic E-state index is -1.31. The summed E-state index contributed by atoms with van der Waals surface area (Å²) in [7, 11) is 2.24. The Bertz CT molecular complexity index is 907. The van der Waals surface area contributed by atoms with E-state index in [9.17, 15) is 28.0 Å². The average Bonchev–Trinajstić information content (AvgIpc) is 2.66. The first-order valence-electron chi connectivity index (χ1n) is 7.65. The molecule has 146 valence electrons. The number of anilines is 1. The zero-order valence-corrected chi connectivity index (χ0v) is 14.7. The molecule has 0 radical (unpaired) electrons. The van der Waals surface area contributed by atoms with Gasteiger partial charge in [0.15, 0.2) is 0 Å². The number of urea groups is 1. The van der Waals surface area contributed by atoms with Gasteiger partial charge in [-0.2, -0.15) is 0 Å². The molecule has 0 unspecified atom stereocenters. The van der Waals surface area contributed by atoms with Crippen molar-refractivity contribution in [2.45, 2.75) is 0 Å². The fourth-order valence-corrected chi connectivity index (χ4v) is 2.21. The van der Waals surface area contributed by atoms with Crippen LogP contribution < -0.4 is 10.6 Å². The Morgan fingerprint density at radius 2 is 1.36 bits per heavy atom. The quantitative estimate of drug-likeness (QED) is 0.774. The number of rotatable bonds is 4. The van der Waals surface area contributed by atoms with Gasteiger partial charge in [-0.15, -0.1) is 0 Å². The molecule has 2 rings (SSSR count). The normalized spacial score (nSPS) is 10.0. The highest BCUT2D eigenvalue weighted by atomic mass is 19.1. The SMILES string of the molecule is COC(=O)c1cc(NC(=O)NC(=O)c2c(F)cccc2F)cc(C(=O)OC)c1. The van der Waals surface area contributed by atoms with Gasteiger partial charge in [0.1, 0.15) is 17.2 Å². The molecule has 0 saturated heterocycles. The van der Waals surface area contributed by atoms with Gasteiger partial charge in [-0.05, 0) is 30.3 Å². The monoisotopic (exact) mass is 392 g/mol. The molecule has 2 N–H and O–H groups in total. The minimum absolute atomic E-state index is 0.0670. The van der Waals surface area contributed by atoms with Crippen molar-refractivity contribution >= 4 is 29.6 Å². The molecule has 0 aliphatic carbocycles. The molecule has 0 atom stereocenters. The molecule has 8 nitrogen and oxygen atoms in total. The molecule has 2 aromatic carbocycles. The second kappa shape index (κ2) is 8.71. The summed E-state index contributed by atoms with van der Waals surface area (Å²) in [6.07, 6.45) is 0. The summed E-state index contributed by atoms with van der Waals surface area (Å²) in [6, 6.07) is 5.16. The highest BCUT2D eigenvalue weighted by molar-refractivity contribution is 6.08. The largest absolute Gasteiger partial charge is 0.465 e. The maximum atomic E-state index is 13.6. The molecule has 0 spiro atoms. The highest BCUT2D eigenvalue weighted by Gasteiger charge is 2.20. The standard InChI is InChI=1S/C18H14F2N2O6/c1-27-16(24)9-6-10(17(25)28-2)8-11(7-9)21-18(26)22-15(23)14-12(19)4-3-5-13(14)20/h3-8H,1-2H3,(H2,21,22,23,26). The molecular formula is C18H14F2N2O6. The number of carbonyl (C=O) groups is 4. The topological polar surface area (TPSA) is 111 Å². The summed E-state index contributed by atoms with van der Waals surface area (Å²) in [5.74, 6) is -5.19. The minimum Gasteiger partial charge on any atom is -0.465 e. The maximum absolute atomic E-state index is 13.6. The summed E-state index contributed by atoms with van der Waals surface area (Å²) < 4.78 is 36.3. The lowest BCUT2D eigenvalue weighted by molar-refractivity contribution is 0.0598. The van der Waals surface area contributed by atoms with E-state index in [0.29, 0.717) is 0 Å². The molecule has 0 fully saturated rings. The lowest BCUT2D eigenvalue weighted by atomic mass is 10.1. The van der Waals surface area contributed by atoms with Crippen molar-refractivity contribution in [3.63, 3.8) is 0 Å². The molecule has 2 aromatic rings. The summed E-state index contributed by atoms with van der Waals surface area (Å²) in [4.78, 5) is 47.4. The Labute approximate surface area is 157 Å². The lowest BCUT2D eigenvalue weighted by Gasteiger charge is -2.10. The summed E-state index contributed by atoms with van der Waals surface area (Å²) in [5.41, 5.74) is -1.15. The number of carbonyl (C=O) groups excluding carboxylic acids is 4. The van der Waals surface area contributed by atoms with Crippen molar-refractivity contribution in [3.8, 4) is 0 Å². The summed E-state index contributed by atoms with van der Waals surface area (Å²) in [5, 5.41) is 3.94. The Hall–Kier alpha value is -3.82. The van der Waals surface area contributed by atoms with Gasteiger partial charge in [0.05, 0.1) is 25.3 Å². The van der Waals surface area contributed by atoms with Crippen molar-refractivity contribution in [2.24, 2.45) is 0 Å². The molecule has 28 heavy (non-hydrogen) atoms. The van der Waals surface area contributed by atoms with Gasteiger partial charge in [-0.25, -0.2) is 23.2 Å². The molecular weight excluding hydrogens is 378 g/mol. The van der Waals surface area contributed by atoms with Gasteiger partial charge in [0, 0.05) is 5.69 Å². The van der Waals surface area contributed by atoms with E-state index >= 15 is 0 Å². The fraction of sp³-hybridized carbons (Fsp3) is 0.111. The van der Waals surface area contributed by atoms with Crippen LogP contribution in [0.15, 0.2) is 36.4 Å². The van der Waals surface area contributed by atoms with E-state index in [-0.39, 0.29) is 16.8 Å². The highest BCUT2D eigenvalue weighted by Crippen LogP contribution is 2.17. The third-order valence-electron chi connectivity index (χ3n) is 3.45. The number of hydrogen-bond acceptors (Lipinski definition) is 6. The summed E-state index contributed by atoms with van der Waals surface area (Å²) in [6.45, 7) is 0. The van der Waals surface area contributed by atoms with Crippen molar-refractivity contribution in [2.75, 3.05) is 19.5 Å². The van der Waals surface area contributed by atoms with E-state index in [1.807, 2.05) is 0 Å². The average molecular weight is 392 g/mol. The third-order valence-corrected chi connectivity index (χ3v) is 3.45. The van der Waals surface area contributed by atoms with Gasteiger partial charge in [0.25, 0.3) is 5.91 Å². The first-order chi connectivity index (χ1) is 13.3. The van der Waals surface area contributed by atoms with E-state index in [0.717, 1.165) is 32.4 Å². The second-order valence-corrected chi connectivity index (χ2v) is 5.29. The van der Waals surface area contributed by atoms with Gasteiger partial charge < -0.3 is 14.8 Å². The number of imide groups is 1. The van der Waals surface area contributed by atoms with Crippen LogP contribution in [0, 0.1) is 11.6 Å². The van der Waals surface area contributed by atoms with Crippen LogP contribution in [0.3, 0.4) is 0 Å². The maximum Gasteiger partial charge on any atom is 0.337 e. The smallest absolute Gasteiger partial charge is 0.337 e. The van der Waals surface area contributed by atoms with Gasteiger partial charge >= 0.3 is 18.0 Å².